The van der Waals surface area contributed by atoms with Gasteiger partial charge in [-0.1, -0.05) is 25.4 Å². The zero-order chi connectivity index (χ0) is 13.9. The van der Waals surface area contributed by atoms with E-state index in [1.165, 1.54) is 12.8 Å². The van der Waals surface area contributed by atoms with Crippen LogP contribution in [0.5, 0.6) is 0 Å². The van der Waals surface area contributed by atoms with Gasteiger partial charge in [-0.25, -0.2) is 9.97 Å². The molecule has 2 rings (SSSR count). The standard InChI is InChI=1S/C15H23ClN2O/c1-4-15(5-2,19-6-3)14-17-12-10-8-7-9-11(12)13(16)18-14/h4-10H2,1-3H3. The molecule has 1 aliphatic carbocycles. The van der Waals surface area contributed by atoms with E-state index in [1.807, 2.05) is 6.92 Å². The maximum atomic E-state index is 6.36. The Kier molecular flexibility index (Phi) is 4.80. The van der Waals surface area contributed by atoms with E-state index >= 15 is 0 Å². The number of fused-ring (bicyclic) bond motifs is 1. The highest BCUT2D eigenvalue weighted by atomic mass is 35.5. The van der Waals surface area contributed by atoms with Crippen molar-refractivity contribution in [1.82, 2.24) is 9.97 Å². The second-order valence-corrected chi connectivity index (χ2v) is 5.46. The van der Waals surface area contributed by atoms with Crippen LogP contribution < -0.4 is 0 Å². The molecule has 0 unspecified atom stereocenters. The molecule has 0 bridgehead atoms. The van der Waals surface area contributed by atoms with Crippen molar-refractivity contribution in [2.75, 3.05) is 6.61 Å². The molecule has 0 saturated carbocycles. The fraction of sp³-hybridized carbons (Fsp3) is 0.733. The third-order valence-electron chi connectivity index (χ3n) is 4.10. The number of halogens is 1. The van der Waals surface area contributed by atoms with Crippen molar-refractivity contribution >= 4 is 11.6 Å². The summed E-state index contributed by atoms with van der Waals surface area (Å²) >= 11 is 6.36. The molecule has 19 heavy (non-hydrogen) atoms. The van der Waals surface area contributed by atoms with Crippen molar-refractivity contribution in [3.63, 3.8) is 0 Å². The zero-order valence-corrected chi connectivity index (χ0v) is 12.9. The smallest absolute Gasteiger partial charge is 0.162 e. The maximum Gasteiger partial charge on any atom is 0.162 e. The van der Waals surface area contributed by atoms with Crippen molar-refractivity contribution in [3.05, 3.63) is 22.2 Å². The summed E-state index contributed by atoms with van der Waals surface area (Å²) in [6, 6.07) is 0. The van der Waals surface area contributed by atoms with Crippen LogP contribution in [0.1, 0.15) is 63.5 Å². The zero-order valence-electron chi connectivity index (χ0n) is 12.1. The van der Waals surface area contributed by atoms with E-state index in [0.29, 0.717) is 11.8 Å². The molecule has 3 nitrogen and oxygen atoms in total. The molecule has 0 fully saturated rings. The van der Waals surface area contributed by atoms with Crippen LogP contribution in [0.3, 0.4) is 0 Å². The molecular formula is C15H23ClN2O. The Morgan fingerprint density at radius 1 is 1.11 bits per heavy atom. The number of aryl methyl sites for hydroxylation is 1. The first kappa shape index (κ1) is 14.7. The van der Waals surface area contributed by atoms with Crippen molar-refractivity contribution in [2.24, 2.45) is 0 Å². The number of ether oxygens (including phenoxy) is 1. The first-order chi connectivity index (χ1) is 9.16. The van der Waals surface area contributed by atoms with Crippen molar-refractivity contribution in [2.45, 2.75) is 64.9 Å². The summed E-state index contributed by atoms with van der Waals surface area (Å²) in [6.07, 6.45) is 6.14. The van der Waals surface area contributed by atoms with Gasteiger partial charge in [0.2, 0.25) is 0 Å². The van der Waals surface area contributed by atoms with Gasteiger partial charge >= 0.3 is 0 Å². The number of hydrogen-bond donors (Lipinski definition) is 0. The van der Waals surface area contributed by atoms with Crippen LogP contribution in [0.25, 0.3) is 0 Å². The van der Waals surface area contributed by atoms with Crippen LogP contribution >= 0.6 is 11.6 Å². The van der Waals surface area contributed by atoms with Gasteiger partial charge in [-0.3, -0.25) is 0 Å². The summed E-state index contributed by atoms with van der Waals surface area (Å²) in [4.78, 5) is 9.33. The number of rotatable bonds is 5. The predicted octanol–water partition coefficient (Wildman–Crippen LogP) is 4.06. The molecule has 0 saturated heterocycles. The Balaban J connectivity index is 2.46. The molecule has 0 aliphatic heterocycles. The Bertz CT molecular complexity index is 444. The lowest BCUT2D eigenvalue weighted by molar-refractivity contribution is -0.0573. The van der Waals surface area contributed by atoms with E-state index in [0.717, 1.165) is 42.8 Å². The van der Waals surface area contributed by atoms with Crippen molar-refractivity contribution in [1.29, 1.82) is 0 Å². The van der Waals surface area contributed by atoms with Crippen LogP contribution in [0.15, 0.2) is 0 Å². The highest BCUT2D eigenvalue weighted by molar-refractivity contribution is 6.30. The van der Waals surface area contributed by atoms with E-state index in [2.05, 4.69) is 18.8 Å². The number of aromatic nitrogens is 2. The fourth-order valence-electron chi connectivity index (χ4n) is 2.86. The molecule has 0 N–H and O–H groups in total. The van der Waals surface area contributed by atoms with Gasteiger partial charge in [-0.15, -0.1) is 0 Å². The highest BCUT2D eigenvalue weighted by Crippen LogP contribution is 2.34. The van der Waals surface area contributed by atoms with E-state index in [-0.39, 0.29) is 5.60 Å². The van der Waals surface area contributed by atoms with Crippen LogP contribution in [0.2, 0.25) is 5.15 Å². The van der Waals surface area contributed by atoms with Gasteiger partial charge in [0.1, 0.15) is 10.8 Å². The molecule has 0 amide bonds. The SMILES string of the molecule is CCOC(CC)(CC)c1nc(Cl)c2c(n1)CCCC2. The van der Waals surface area contributed by atoms with E-state index < -0.39 is 0 Å². The summed E-state index contributed by atoms with van der Waals surface area (Å²) in [6.45, 7) is 6.92. The second kappa shape index (κ2) is 6.19. The van der Waals surface area contributed by atoms with Gasteiger partial charge in [0.25, 0.3) is 0 Å². The quantitative estimate of drug-likeness (QED) is 0.764. The number of hydrogen-bond acceptors (Lipinski definition) is 3. The van der Waals surface area contributed by atoms with E-state index in [9.17, 15) is 0 Å². The van der Waals surface area contributed by atoms with Crippen LogP contribution in [0, 0.1) is 0 Å². The lowest BCUT2D eigenvalue weighted by Crippen LogP contribution is -2.32. The molecule has 4 heteroatoms. The minimum Gasteiger partial charge on any atom is -0.367 e. The molecule has 1 aromatic rings. The molecule has 0 aromatic carbocycles. The average molecular weight is 283 g/mol. The summed E-state index contributed by atoms with van der Waals surface area (Å²) in [7, 11) is 0. The van der Waals surface area contributed by atoms with Gasteiger partial charge in [0, 0.05) is 17.9 Å². The van der Waals surface area contributed by atoms with Crippen LogP contribution in [-0.2, 0) is 23.2 Å². The van der Waals surface area contributed by atoms with Crippen LogP contribution in [-0.4, -0.2) is 16.6 Å². The topological polar surface area (TPSA) is 35.0 Å². The van der Waals surface area contributed by atoms with Gasteiger partial charge in [-0.2, -0.15) is 0 Å². The van der Waals surface area contributed by atoms with Gasteiger partial charge in [0.05, 0.1) is 0 Å². The van der Waals surface area contributed by atoms with Gasteiger partial charge in [-0.05, 0) is 45.4 Å². The second-order valence-electron chi connectivity index (χ2n) is 5.10. The normalized spacial score (nSPS) is 15.4. The summed E-state index contributed by atoms with van der Waals surface area (Å²) in [5, 5.41) is 0.630. The van der Waals surface area contributed by atoms with Crippen LogP contribution in [0.4, 0.5) is 0 Å². The molecule has 1 heterocycles. The van der Waals surface area contributed by atoms with E-state index in [4.69, 9.17) is 21.3 Å². The Morgan fingerprint density at radius 3 is 2.42 bits per heavy atom. The minimum absolute atomic E-state index is 0.384. The maximum absolute atomic E-state index is 6.36. The lowest BCUT2D eigenvalue weighted by atomic mass is 9.93. The summed E-state index contributed by atoms with van der Waals surface area (Å²) in [5.41, 5.74) is 1.90. The fourth-order valence-corrected chi connectivity index (χ4v) is 3.15. The molecule has 106 valence electrons. The minimum atomic E-state index is -0.384. The summed E-state index contributed by atoms with van der Waals surface area (Å²) in [5.74, 6) is 0.769. The largest absolute Gasteiger partial charge is 0.367 e. The third kappa shape index (κ3) is 2.77. The first-order valence-corrected chi connectivity index (χ1v) is 7.74. The lowest BCUT2D eigenvalue weighted by Gasteiger charge is -2.31. The monoisotopic (exact) mass is 282 g/mol. The van der Waals surface area contributed by atoms with Crippen molar-refractivity contribution < 1.29 is 4.74 Å². The molecule has 1 aromatic heterocycles. The third-order valence-corrected chi connectivity index (χ3v) is 4.42. The molecule has 0 radical (unpaired) electrons. The van der Waals surface area contributed by atoms with Crippen molar-refractivity contribution in [3.8, 4) is 0 Å². The highest BCUT2D eigenvalue weighted by Gasteiger charge is 2.34. The Hall–Kier alpha value is -0.670. The van der Waals surface area contributed by atoms with Gasteiger partial charge < -0.3 is 4.74 Å². The average Bonchev–Trinajstić information content (AvgIpc) is 2.45. The molecule has 0 atom stereocenters. The number of nitrogens with zero attached hydrogens (tertiary/aromatic N) is 2. The summed E-state index contributed by atoms with van der Waals surface area (Å²) < 4.78 is 5.98. The molecule has 0 spiro atoms. The van der Waals surface area contributed by atoms with E-state index in [1.54, 1.807) is 0 Å². The van der Waals surface area contributed by atoms with Gasteiger partial charge in [0.15, 0.2) is 5.82 Å². The Morgan fingerprint density at radius 2 is 1.79 bits per heavy atom. The predicted molar refractivity (Wildman–Crippen MR) is 77.6 cm³/mol. The Labute approximate surface area is 120 Å². The molecular weight excluding hydrogens is 260 g/mol. The molecule has 1 aliphatic rings. The first-order valence-electron chi connectivity index (χ1n) is 7.36.